The molecular weight excluding hydrogens is 296 g/mol. The molecule has 0 bridgehead atoms. The van der Waals surface area contributed by atoms with E-state index in [2.05, 4.69) is 20.9 Å². The zero-order valence-corrected chi connectivity index (χ0v) is 12.1. The Bertz CT molecular complexity index is 401. The van der Waals surface area contributed by atoms with E-state index >= 15 is 0 Å². The molecule has 2 atom stereocenters. The van der Waals surface area contributed by atoms with Gasteiger partial charge in [-0.05, 0) is 41.3 Å². The predicted molar refractivity (Wildman–Crippen MR) is 73.5 cm³/mol. The number of nitrogens with two attached hydrogens (primary N) is 1. The topological polar surface area (TPSA) is 57.4 Å². The van der Waals surface area contributed by atoms with Gasteiger partial charge in [-0.15, -0.1) is 0 Å². The molecule has 0 aliphatic heterocycles. The van der Waals surface area contributed by atoms with E-state index in [1.54, 1.807) is 13.3 Å². The summed E-state index contributed by atoms with van der Waals surface area (Å²) in [6.07, 6.45) is 6.47. The second-order valence-corrected chi connectivity index (χ2v) is 5.50. The molecule has 100 valence electrons. The van der Waals surface area contributed by atoms with Crippen molar-refractivity contribution in [3.63, 3.8) is 0 Å². The first-order valence-electron chi connectivity index (χ1n) is 6.27. The number of hydrogen-bond donors (Lipinski definition) is 1. The molecule has 1 fully saturated rings. The summed E-state index contributed by atoms with van der Waals surface area (Å²) in [5.74, 6) is 0.655. The molecule has 2 N–H and O–H groups in total. The summed E-state index contributed by atoms with van der Waals surface area (Å²) < 4.78 is 12.3. The fraction of sp³-hybridized carbons (Fsp3) is 0.615. The van der Waals surface area contributed by atoms with Crippen molar-refractivity contribution in [3.8, 4) is 5.88 Å². The van der Waals surface area contributed by atoms with Crippen LogP contribution in [0.1, 0.15) is 31.2 Å². The van der Waals surface area contributed by atoms with Gasteiger partial charge in [0.05, 0.1) is 6.10 Å². The van der Waals surface area contributed by atoms with Crippen molar-refractivity contribution in [2.75, 3.05) is 7.11 Å². The molecule has 1 aromatic rings. The normalized spacial score (nSPS) is 23.9. The molecule has 1 heterocycles. The Balaban J connectivity index is 2.04. The highest BCUT2D eigenvalue weighted by molar-refractivity contribution is 9.10. The lowest BCUT2D eigenvalue weighted by molar-refractivity contribution is 0.0192. The number of ether oxygens (including phenoxy) is 2. The van der Waals surface area contributed by atoms with Gasteiger partial charge < -0.3 is 15.2 Å². The third kappa shape index (κ3) is 3.43. The zero-order chi connectivity index (χ0) is 13.0. The second kappa shape index (κ2) is 6.50. The van der Waals surface area contributed by atoms with Crippen molar-refractivity contribution in [1.82, 2.24) is 4.98 Å². The predicted octanol–water partition coefficient (Wildman–Crippen LogP) is 2.64. The van der Waals surface area contributed by atoms with Crippen LogP contribution < -0.4 is 10.5 Å². The monoisotopic (exact) mass is 314 g/mol. The van der Waals surface area contributed by atoms with Crippen molar-refractivity contribution < 1.29 is 9.47 Å². The summed E-state index contributed by atoms with van der Waals surface area (Å²) in [7, 11) is 1.76. The van der Waals surface area contributed by atoms with Crippen LogP contribution in [0.25, 0.3) is 0 Å². The van der Waals surface area contributed by atoms with Crippen molar-refractivity contribution in [2.24, 2.45) is 5.73 Å². The Morgan fingerprint density at radius 1 is 1.44 bits per heavy atom. The molecule has 0 aromatic carbocycles. The highest BCUT2D eigenvalue weighted by atomic mass is 79.9. The molecule has 5 heteroatoms. The molecule has 0 amide bonds. The summed E-state index contributed by atoms with van der Waals surface area (Å²) >= 11 is 3.39. The summed E-state index contributed by atoms with van der Waals surface area (Å²) in [6.45, 7) is 0.433. The average Bonchev–Trinajstić information content (AvgIpc) is 2.41. The van der Waals surface area contributed by atoms with Crippen LogP contribution in [0.15, 0.2) is 16.7 Å². The van der Waals surface area contributed by atoms with Crippen LogP contribution in [0.4, 0.5) is 0 Å². The van der Waals surface area contributed by atoms with Crippen LogP contribution in [0.5, 0.6) is 5.88 Å². The minimum Gasteiger partial charge on any atom is -0.474 e. The van der Waals surface area contributed by atoms with Gasteiger partial charge in [0.25, 0.3) is 0 Å². The summed E-state index contributed by atoms with van der Waals surface area (Å²) in [5.41, 5.74) is 6.65. The SMILES string of the molecule is COC1CCCC(Oc2ncc(Br)cc2CN)C1. The van der Waals surface area contributed by atoms with Crippen LogP contribution >= 0.6 is 15.9 Å². The van der Waals surface area contributed by atoms with Crippen LogP contribution in [-0.4, -0.2) is 24.3 Å². The minimum absolute atomic E-state index is 0.183. The molecule has 1 aromatic heterocycles. The molecule has 0 spiro atoms. The maximum Gasteiger partial charge on any atom is 0.218 e. The molecule has 0 radical (unpaired) electrons. The number of pyridine rings is 1. The molecule has 1 aliphatic carbocycles. The molecule has 0 saturated heterocycles. The average molecular weight is 315 g/mol. The number of aromatic nitrogens is 1. The van der Waals surface area contributed by atoms with E-state index in [0.29, 0.717) is 18.5 Å². The van der Waals surface area contributed by atoms with Gasteiger partial charge >= 0.3 is 0 Å². The van der Waals surface area contributed by atoms with Crippen LogP contribution in [0, 0.1) is 0 Å². The van der Waals surface area contributed by atoms with Crippen molar-refractivity contribution in [1.29, 1.82) is 0 Å². The maximum atomic E-state index is 5.97. The van der Waals surface area contributed by atoms with Crippen LogP contribution in [0.3, 0.4) is 0 Å². The largest absolute Gasteiger partial charge is 0.474 e. The minimum atomic E-state index is 0.183. The van der Waals surface area contributed by atoms with Gasteiger partial charge in [-0.25, -0.2) is 4.98 Å². The van der Waals surface area contributed by atoms with E-state index in [1.807, 2.05) is 6.07 Å². The summed E-state index contributed by atoms with van der Waals surface area (Å²) in [5, 5.41) is 0. The first kappa shape index (κ1) is 13.8. The standard InChI is InChI=1S/C13H19BrN2O2/c1-17-11-3-2-4-12(6-11)18-13-9(7-15)5-10(14)8-16-13/h5,8,11-12H,2-4,6-7,15H2,1H3. The van der Waals surface area contributed by atoms with Crippen LogP contribution in [0.2, 0.25) is 0 Å². The molecule has 2 unspecified atom stereocenters. The molecule has 1 saturated carbocycles. The van der Waals surface area contributed by atoms with Gasteiger partial charge in [0.15, 0.2) is 0 Å². The lowest BCUT2D eigenvalue weighted by Gasteiger charge is -2.28. The van der Waals surface area contributed by atoms with Gasteiger partial charge in [0, 0.05) is 36.3 Å². The Hall–Kier alpha value is -0.650. The summed E-state index contributed by atoms with van der Waals surface area (Å²) in [6, 6.07) is 1.96. The van der Waals surface area contributed by atoms with E-state index in [9.17, 15) is 0 Å². The molecule has 4 nitrogen and oxygen atoms in total. The first-order chi connectivity index (χ1) is 8.72. The molecule has 2 rings (SSSR count). The fourth-order valence-electron chi connectivity index (χ4n) is 2.30. The van der Waals surface area contributed by atoms with Crippen LogP contribution in [-0.2, 0) is 11.3 Å². The van der Waals surface area contributed by atoms with Crippen molar-refractivity contribution in [2.45, 2.75) is 44.4 Å². The van der Waals surface area contributed by atoms with Gasteiger partial charge in [-0.3, -0.25) is 0 Å². The third-order valence-corrected chi connectivity index (χ3v) is 3.74. The van der Waals surface area contributed by atoms with Gasteiger partial charge in [0.2, 0.25) is 5.88 Å². The van der Waals surface area contributed by atoms with E-state index < -0.39 is 0 Å². The quantitative estimate of drug-likeness (QED) is 0.928. The first-order valence-corrected chi connectivity index (χ1v) is 7.06. The molecule has 1 aliphatic rings. The van der Waals surface area contributed by atoms with Gasteiger partial charge in [-0.1, -0.05) is 0 Å². The molecular formula is C13H19BrN2O2. The lowest BCUT2D eigenvalue weighted by atomic mass is 9.95. The van der Waals surface area contributed by atoms with Crippen molar-refractivity contribution in [3.05, 3.63) is 22.3 Å². The fourth-order valence-corrected chi connectivity index (χ4v) is 2.68. The zero-order valence-electron chi connectivity index (χ0n) is 10.6. The number of halogens is 1. The molecule has 18 heavy (non-hydrogen) atoms. The van der Waals surface area contributed by atoms with E-state index in [0.717, 1.165) is 35.7 Å². The second-order valence-electron chi connectivity index (χ2n) is 4.59. The Labute approximate surface area is 116 Å². The van der Waals surface area contributed by atoms with Gasteiger partial charge in [0.1, 0.15) is 6.10 Å². The number of methoxy groups -OCH3 is 1. The lowest BCUT2D eigenvalue weighted by Crippen LogP contribution is -2.30. The Kier molecular flexibility index (Phi) is 4.97. The highest BCUT2D eigenvalue weighted by Crippen LogP contribution is 2.27. The third-order valence-electron chi connectivity index (χ3n) is 3.30. The van der Waals surface area contributed by atoms with Gasteiger partial charge in [-0.2, -0.15) is 0 Å². The number of rotatable bonds is 4. The smallest absolute Gasteiger partial charge is 0.218 e. The van der Waals surface area contributed by atoms with E-state index in [4.69, 9.17) is 15.2 Å². The summed E-state index contributed by atoms with van der Waals surface area (Å²) in [4.78, 5) is 4.30. The number of nitrogens with zero attached hydrogens (tertiary/aromatic N) is 1. The van der Waals surface area contributed by atoms with E-state index in [1.165, 1.54) is 0 Å². The Morgan fingerprint density at radius 3 is 2.94 bits per heavy atom. The van der Waals surface area contributed by atoms with E-state index in [-0.39, 0.29) is 6.10 Å². The number of hydrogen-bond acceptors (Lipinski definition) is 4. The Morgan fingerprint density at radius 2 is 2.22 bits per heavy atom. The van der Waals surface area contributed by atoms with Crippen molar-refractivity contribution >= 4 is 15.9 Å². The maximum absolute atomic E-state index is 5.97. The highest BCUT2D eigenvalue weighted by Gasteiger charge is 2.24.